The summed E-state index contributed by atoms with van der Waals surface area (Å²) in [6, 6.07) is 5.81. The van der Waals surface area contributed by atoms with Gasteiger partial charge in [-0.15, -0.1) is 23.4 Å². The highest BCUT2D eigenvalue weighted by Gasteiger charge is 2.37. The molecule has 29 heavy (non-hydrogen) atoms. The second-order valence-electron chi connectivity index (χ2n) is 5.68. The van der Waals surface area contributed by atoms with E-state index in [1.165, 1.54) is 25.2 Å². The van der Waals surface area contributed by atoms with Crippen molar-refractivity contribution in [3.8, 4) is 16.9 Å². The van der Waals surface area contributed by atoms with Crippen molar-refractivity contribution in [3.05, 3.63) is 47.9 Å². The van der Waals surface area contributed by atoms with Gasteiger partial charge in [-0.2, -0.15) is 13.2 Å². The largest absolute Gasteiger partial charge is 0.573 e. The Labute approximate surface area is 158 Å². The Morgan fingerprint density at radius 3 is 2.38 bits per heavy atom. The molecule has 0 aliphatic rings. The molecule has 0 amide bonds. The monoisotopic (exact) mass is 416 g/mol. The predicted molar refractivity (Wildman–Crippen MR) is 88.9 cm³/mol. The number of fused-ring (bicyclic) bond motifs is 1. The van der Waals surface area contributed by atoms with Crippen molar-refractivity contribution in [3.63, 3.8) is 0 Å². The third kappa shape index (κ3) is 4.36. The lowest BCUT2D eigenvalue weighted by Crippen LogP contribution is -2.19. The third-order valence-corrected chi connectivity index (χ3v) is 3.71. The number of rotatable bonds is 4. The Kier molecular flexibility index (Phi) is 5.03. The number of halogens is 6. The van der Waals surface area contributed by atoms with E-state index in [2.05, 4.69) is 19.9 Å². The van der Waals surface area contributed by atoms with E-state index in [0.717, 1.165) is 24.5 Å². The molecule has 0 fully saturated rings. The van der Waals surface area contributed by atoms with E-state index in [1.807, 2.05) is 0 Å². The Balaban J connectivity index is 2.13. The zero-order valence-corrected chi connectivity index (χ0v) is 14.4. The van der Waals surface area contributed by atoms with Crippen LogP contribution in [0.15, 0.2) is 41.5 Å². The van der Waals surface area contributed by atoms with Gasteiger partial charge in [0.1, 0.15) is 5.75 Å². The van der Waals surface area contributed by atoms with E-state index in [9.17, 15) is 31.1 Å². The van der Waals surface area contributed by atoms with Crippen LogP contribution in [0.4, 0.5) is 26.3 Å². The number of aromatic nitrogens is 3. The van der Waals surface area contributed by atoms with Crippen LogP contribution in [0.5, 0.6) is 5.75 Å². The van der Waals surface area contributed by atoms with Crippen LogP contribution in [-0.2, 0) is 6.18 Å². The van der Waals surface area contributed by atoms with E-state index < -0.39 is 35.5 Å². The van der Waals surface area contributed by atoms with Gasteiger partial charge in [0, 0.05) is 13.2 Å². The van der Waals surface area contributed by atoms with E-state index >= 15 is 0 Å². The summed E-state index contributed by atoms with van der Waals surface area (Å²) in [7, 11) is 1.25. The van der Waals surface area contributed by atoms with Crippen LogP contribution in [0.25, 0.3) is 16.8 Å². The molecule has 0 aliphatic heterocycles. The summed E-state index contributed by atoms with van der Waals surface area (Å²) in [6.45, 7) is 0. The molecule has 0 unspecified atom stereocenters. The van der Waals surface area contributed by atoms with Crippen molar-refractivity contribution in [1.29, 1.82) is 0 Å². The molecule has 3 rings (SSSR count). The van der Waals surface area contributed by atoms with Gasteiger partial charge < -0.3 is 4.74 Å². The summed E-state index contributed by atoms with van der Waals surface area (Å²) in [5.41, 5.74) is -0.169. The minimum absolute atomic E-state index is 0.0764. The minimum atomic E-state index is -5.04. The van der Waals surface area contributed by atoms with E-state index in [4.69, 9.17) is 0 Å². The lowest BCUT2D eigenvalue weighted by atomic mass is 10.0. The molecule has 0 aliphatic carbocycles. The molecule has 2 aromatic heterocycles. The molecule has 3 aromatic rings. The topological polar surface area (TPSA) is 68.9 Å². The summed E-state index contributed by atoms with van der Waals surface area (Å²) in [4.78, 5) is 15.6. The van der Waals surface area contributed by atoms with E-state index in [0.29, 0.717) is 4.40 Å². The zero-order chi connectivity index (χ0) is 21.4. The first-order valence-corrected chi connectivity index (χ1v) is 7.78. The number of aliphatic imine (C=N–C) groups is 1. The maximum atomic E-state index is 13.0. The lowest BCUT2D eigenvalue weighted by molar-refractivity contribution is -0.274. The van der Waals surface area contributed by atoms with Crippen molar-refractivity contribution in [1.82, 2.24) is 14.6 Å². The highest BCUT2D eigenvalue weighted by molar-refractivity contribution is 6.36. The molecule has 0 saturated carbocycles. The van der Waals surface area contributed by atoms with Gasteiger partial charge in [0.15, 0.2) is 5.65 Å². The fourth-order valence-corrected chi connectivity index (χ4v) is 2.56. The van der Waals surface area contributed by atoms with E-state index in [-0.39, 0.29) is 16.8 Å². The number of hydrogen-bond acceptors (Lipinski definition) is 5. The van der Waals surface area contributed by atoms with Crippen LogP contribution in [-0.4, -0.2) is 40.0 Å². The molecule has 0 atom stereocenters. The maximum absolute atomic E-state index is 13.0. The first-order chi connectivity index (χ1) is 13.5. The average Bonchev–Trinajstić information content (AvgIpc) is 3.04. The van der Waals surface area contributed by atoms with Crippen LogP contribution in [0.3, 0.4) is 0 Å². The second-order valence-corrected chi connectivity index (χ2v) is 5.68. The molecule has 12 heteroatoms. The van der Waals surface area contributed by atoms with Gasteiger partial charge in [-0.1, -0.05) is 6.07 Å². The van der Waals surface area contributed by atoms with Gasteiger partial charge in [-0.25, -0.2) is 0 Å². The van der Waals surface area contributed by atoms with Crippen LogP contribution in [0.1, 0.15) is 16.2 Å². The Bertz CT molecular complexity index is 1100. The van der Waals surface area contributed by atoms with Crippen molar-refractivity contribution in [2.45, 2.75) is 12.5 Å². The fraction of sp³-hybridized carbons (Fsp3) is 0.176. The molecule has 2 heterocycles. The van der Waals surface area contributed by atoms with E-state index in [1.54, 1.807) is 0 Å². The number of carbonyl (C=O) groups excluding carboxylic acids is 1. The number of carbonyl (C=O) groups is 1. The van der Waals surface area contributed by atoms with Gasteiger partial charge in [0.05, 0.1) is 11.8 Å². The summed E-state index contributed by atoms with van der Waals surface area (Å²) < 4.78 is 81.5. The molecule has 152 valence electrons. The highest BCUT2D eigenvalue weighted by atomic mass is 19.4. The van der Waals surface area contributed by atoms with Crippen LogP contribution in [0, 0.1) is 0 Å². The smallest absolute Gasteiger partial charge is 0.405 e. The average molecular weight is 416 g/mol. The standard InChI is InChI=1S/C17H10F6N4O2/c1-24-7-12(28)11-6-9(2-4-13(11)29-17(21,22)23)10-3-5-14-25-26-15(16(18,19)20)27(14)8-10/h2-8H,1H3. The highest BCUT2D eigenvalue weighted by Crippen LogP contribution is 2.32. The molecule has 0 bridgehead atoms. The molecular weight excluding hydrogens is 406 g/mol. The molecule has 0 N–H and O–H groups in total. The van der Waals surface area contributed by atoms with Crippen molar-refractivity contribution in [2.75, 3.05) is 7.05 Å². The summed E-state index contributed by atoms with van der Waals surface area (Å²) in [5.74, 6) is -2.89. The Morgan fingerprint density at radius 2 is 1.76 bits per heavy atom. The number of nitrogens with zero attached hydrogens (tertiary/aromatic N) is 4. The van der Waals surface area contributed by atoms with Gasteiger partial charge in [0.2, 0.25) is 11.6 Å². The molecule has 1 aromatic carbocycles. The lowest BCUT2D eigenvalue weighted by Gasteiger charge is -2.13. The first kappa shape index (κ1) is 20.3. The predicted octanol–water partition coefficient (Wildman–Crippen LogP) is 4.20. The number of ketones is 1. The number of benzene rings is 1. The zero-order valence-electron chi connectivity index (χ0n) is 14.4. The van der Waals surface area contributed by atoms with Crippen molar-refractivity contribution < 1.29 is 35.9 Å². The van der Waals surface area contributed by atoms with Crippen LogP contribution < -0.4 is 4.74 Å². The minimum Gasteiger partial charge on any atom is -0.405 e. The normalized spacial score (nSPS) is 12.7. The second kappa shape index (κ2) is 7.18. The number of pyridine rings is 1. The first-order valence-electron chi connectivity index (χ1n) is 7.78. The molecule has 0 spiro atoms. The van der Waals surface area contributed by atoms with Gasteiger partial charge >= 0.3 is 12.5 Å². The molecule has 0 radical (unpaired) electrons. The van der Waals surface area contributed by atoms with Crippen LogP contribution >= 0.6 is 0 Å². The molecule has 0 saturated heterocycles. The number of hydrogen-bond donors (Lipinski definition) is 0. The number of alkyl halides is 6. The number of Topliss-reactive ketones (excluding diaryl/α,β-unsaturated/α-hetero) is 1. The van der Waals surface area contributed by atoms with Crippen molar-refractivity contribution in [2.24, 2.45) is 4.99 Å². The van der Waals surface area contributed by atoms with Gasteiger partial charge in [0.25, 0.3) is 0 Å². The van der Waals surface area contributed by atoms with Gasteiger partial charge in [-0.05, 0) is 35.4 Å². The third-order valence-electron chi connectivity index (χ3n) is 3.71. The Hall–Kier alpha value is -3.44. The quantitative estimate of drug-likeness (QED) is 0.363. The maximum Gasteiger partial charge on any atom is 0.573 e. The van der Waals surface area contributed by atoms with Crippen molar-refractivity contribution >= 4 is 17.6 Å². The SMILES string of the molecule is CN=CC(=O)c1cc(-c2ccc3nnc(C(F)(F)F)n3c2)ccc1OC(F)(F)F. The Morgan fingerprint density at radius 1 is 1.07 bits per heavy atom. The summed E-state index contributed by atoms with van der Waals surface area (Å²) in [6.07, 6.45) is -7.93. The molecule has 6 nitrogen and oxygen atoms in total. The van der Waals surface area contributed by atoms with Crippen LogP contribution in [0.2, 0.25) is 0 Å². The summed E-state index contributed by atoms with van der Waals surface area (Å²) in [5, 5.41) is 6.52. The number of ether oxygens (including phenoxy) is 1. The molecular formula is C17H10F6N4O2. The van der Waals surface area contributed by atoms with Gasteiger partial charge in [-0.3, -0.25) is 14.2 Å². The summed E-state index contributed by atoms with van der Waals surface area (Å²) >= 11 is 0. The fourth-order valence-electron chi connectivity index (χ4n) is 2.56.